The van der Waals surface area contributed by atoms with Crippen LogP contribution in [-0.4, -0.2) is 37.3 Å². The van der Waals surface area contributed by atoms with Crippen LogP contribution in [-0.2, 0) is 13.5 Å². The Morgan fingerprint density at radius 3 is 2.59 bits per heavy atom. The van der Waals surface area contributed by atoms with Crippen LogP contribution in [0, 0.1) is 24.4 Å². The molecule has 2 aromatic heterocycles. The van der Waals surface area contributed by atoms with Crippen LogP contribution in [0.3, 0.4) is 0 Å². The minimum atomic E-state index is -1.50. The largest absolute Gasteiger partial charge is 0.330 e. The minimum Gasteiger partial charge on any atom is -0.330 e. The number of halogens is 3. The first kappa shape index (κ1) is 20.3. The molecule has 0 saturated heterocycles. The summed E-state index contributed by atoms with van der Waals surface area (Å²) in [6, 6.07) is 5.24. The lowest BCUT2D eigenvalue weighted by Crippen LogP contribution is -2.39. The lowest BCUT2D eigenvalue weighted by molar-refractivity contribution is 0.0673. The molecule has 0 bridgehead atoms. The Morgan fingerprint density at radius 1 is 1.16 bits per heavy atom. The molecule has 9 heteroatoms. The number of aromatic amines is 1. The predicted octanol–water partition coefficient (Wildman–Crippen LogP) is 4.45. The number of fused-ring (bicyclic) bond motifs is 2. The van der Waals surface area contributed by atoms with Gasteiger partial charge in [0.15, 0.2) is 17.5 Å². The highest BCUT2D eigenvalue weighted by Gasteiger charge is 2.34. The molecule has 2 aromatic carbocycles. The second-order valence-corrected chi connectivity index (χ2v) is 8.14. The van der Waals surface area contributed by atoms with E-state index in [-0.39, 0.29) is 17.5 Å². The number of benzene rings is 2. The molecule has 5 rings (SSSR count). The van der Waals surface area contributed by atoms with Gasteiger partial charge in [-0.15, -0.1) is 0 Å². The van der Waals surface area contributed by atoms with E-state index in [1.54, 1.807) is 18.1 Å². The number of carbonyl (C=O) groups is 1. The Balaban J connectivity index is 1.52. The average molecular weight is 439 g/mol. The molecular weight excluding hydrogens is 419 g/mol. The van der Waals surface area contributed by atoms with Gasteiger partial charge in [-0.2, -0.15) is 10.2 Å². The van der Waals surface area contributed by atoms with Crippen molar-refractivity contribution in [3.05, 3.63) is 70.3 Å². The number of aryl methyl sites for hydroxylation is 2. The van der Waals surface area contributed by atoms with Crippen molar-refractivity contribution >= 4 is 16.8 Å². The SMILES string of the molecule is Cc1cc(C(=O)N2CCc3c(nn(C)c3-c3cc(F)c(F)c(F)c3)[C@@H]2C)cc2cn[nH]c12. The molecule has 0 unspecified atom stereocenters. The van der Waals surface area contributed by atoms with E-state index in [4.69, 9.17) is 0 Å². The molecule has 164 valence electrons. The monoisotopic (exact) mass is 439 g/mol. The molecule has 1 atom stereocenters. The van der Waals surface area contributed by atoms with Crippen molar-refractivity contribution in [3.8, 4) is 11.3 Å². The Hall–Kier alpha value is -3.62. The van der Waals surface area contributed by atoms with Crippen LogP contribution in [0.1, 0.15) is 40.1 Å². The Labute approximate surface area is 181 Å². The number of H-pyrrole nitrogens is 1. The van der Waals surface area contributed by atoms with E-state index < -0.39 is 17.5 Å². The van der Waals surface area contributed by atoms with Gasteiger partial charge in [0.2, 0.25) is 0 Å². The van der Waals surface area contributed by atoms with Gasteiger partial charge in [-0.3, -0.25) is 14.6 Å². The molecule has 4 aromatic rings. The normalized spacial score (nSPS) is 15.9. The van der Waals surface area contributed by atoms with E-state index in [1.165, 1.54) is 4.68 Å². The number of amides is 1. The Bertz CT molecular complexity index is 1370. The molecule has 3 heterocycles. The summed E-state index contributed by atoms with van der Waals surface area (Å²) in [5.41, 5.74) is 4.57. The zero-order valence-corrected chi connectivity index (χ0v) is 17.7. The maximum absolute atomic E-state index is 13.8. The number of aromatic nitrogens is 4. The van der Waals surface area contributed by atoms with E-state index in [0.29, 0.717) is 29.9 Å². The van der Waals surface area contributed by atoms with Crippen molar-refractivity contribution in [3.63, 3.8) is 0 Å². The van der Waals surface area contributed by atoms with Crippen molar-refractivity contribution in [2.24, 2.45) is 7.05 Å². The summed E-state index contributed by atoms with van der Waals surface area (Å²) < 4.78 is 42.7. The second kappa shape index (κ2) is 7.22. The Kier molecular flexibility index (Phi) is 4.58. The second-order valence-electron chi connectivity index (χ2n) is 8.14. The van der Waals surface area contributed by atoms with E-state index in [0.717, 1.165) is 34.2 Å². The van der Waals surface area contributed by atoms with Crippen molar-refractivity contribution < 1.29 is 18.0 Å². The molecule has 6 nitrogen and oxygen atoms in total. The molecule has 32 heavy (non-hydrogen) atoms. The van der Waals surface area contributed by atoms with Crippen molar-refractivity contribution in [1.29, 1.82) is 0 Å². The van der Waals surface area contributed by atoms with Gasteiger partial charge in [0.05, 0.1) is 29.1 Å². The summed E-state index contributed by atoms with van der Waals surface area (Å²) in [6.07, 6.45) is 2.14. The van der Waals surface area contributed by atoms with Gasteiger partial charge in [-0.1, -0.05) is 0 Å². The van der Waals surface area contributed by atoms with Crippen LogP contribution in [0.15, 0.2) is 30.5 Å². The maximum atomic E-state index is 13.8. The zero-order chi connectivity index (χ0) is 22.7. The van der Waals surface area contributed by atoms with Gasteiger partial charge in [0.1, 0.15) is 0 Å². The highest BCUT2D eigenvalue weighted by Crippen LogP contribution is 2.37. The molecule has 0 saturated carbocycles. The summed E-state index contributed by atoms with van der Waals surface area (Å²) in [5.74, 6) is -4.12. The molecule has 0 fully saturated rings. The van der Waals surface area contributed by atoms with Crippen LogP contribution in [0.2, 0.25) is 0 Å². The first-order valence-corrected chi connectivity index (χ1v) is 10.2. The third-order valence-corrected chi connectivity index (χ3v) is 6.15. The molecule has 0 spiro atoms. The standard InChI is InChI=1S/C23H20F3N5O/c1-11-6-14(7-15-10-27-28-20(11)15)23(32)31-5-4-16-21(12(31)2)29-30(3)22(16)13-8-17(24)19(26)18(25)9-13/h6-10,12H,4-5H2,1-3H3,(H,27,28)/t12-/m0/s1. The van der Waals surface area contributed by atoms with E-state index in [2.05, 4.69) is 15.3 Å². The first-order valence-electron chi connectivity index (χ1n) is 10.2. The number of rotatable bonds is 2. The fourth-order valence-corrected chi connectivity index (χ4v) is 4.60. The third kappa shape index (κ3) is 2.99. The molecule has 1 aliphatic heterocycles. The van der Waals surface area contributed by atoms with Gasteiger partial charge in [0.25, 0.3) is 5.91 Å². The number of nitrogens with zero attached hydrogens (tertiary/aromatic N) is 4. The fourth-order valence-electron chi connectivity index (χ4n) is 4.60. The average Bonchev–Trinajstić information content (AvgIpc) is 3.36. The van der Waals surface area contributed by atoms with Crippen LogP contribution in [0.4, 0.5) is 13.2 Å². The minimum absolute atomic E-state index is 0.125. The van der Waals surface area contributed by atoms with Crippen LogP contribution in [0.25, 0.3) is 22.2 Å². The van der Waals surface area contributed by atoms with Gasteiger partial charge >= 0.3 is 0 Å². The summed E-state index contributed by atoms with van der Waals surface area (Å²) in [5, 5.41) is 12.4. The van der Waals surface area contributed by atoms with E-state index in [1.807, 2.05) is 26.0 Å². The maximum Gasteiger partial charge on any atom is 0.254 e. The topological polar surface area (TPSA) is 66.8 Å². The van der Waals surface area contributed by atoms with Crippen LogP contribution in [0.5, 0.6) is 0 Å². The third-order valence-electron chi connectivity index (χ3n) is 6.15. The molecule has 0 aliphatic carbocycles. The van der Waals surface area contributed by atoms with Crippen LogP contribution >= 0.6 is 0 Å². The summed E-state index contributed by atoms with van der Waals surface area (Å²) >= 11 is 0. The van der Waals surface area contributed by atoms with Gasteiger partial charge < -0.3 is 4.90 Å². The predicted molar refractivity (Wildman–Crippen MR) is 113 cm³/mol. The molecule has 1 amide bonds. The highest BCUT2D eigenvalue weighted by molar-refractivity contribution is 5.99. The fraction of sp³-hybridized carbons (Fsp3) is 0.261. The Morgan fingerprint density at radius 2 is 1.88 bits per heavy atom. The molecule has 1 N–H and O–H groups in total. The van der Waals surface area contributed by atoms with Crippen molar-refractivity contribution in [2.45, 2.75) is 26.3 Å². The van der Waals surface area contributed by atoms with Gasteiger partial charge in [0, 0.05) is 35.7 Å². The van der Waals surface area contributed by atoms with Crippen molar-refractivity contribution in [2.75, 3.05) is 6.54 Å². The first-order chi connectivity index (χ1) is 15.3. The molecule has 1 aliphatic rings. The summed E-state index contributed by atoms with van der Waals surface area (Å²) in [7, 11) is 1.67. The number of nitrogens with one attached hydrogen (secondary N) is 1. The van der Waals surface area contributed by atoms with Crippen molar-refractivity contribution in [1.82, 2.24) is 24.9 Å². The number of hydrogen-bond acceptors (Lipinski definition) is 3. The number of carbonyl (C=O) groups excluding carboxylic acids is 1. The zero-order valence-electron chi connectivity index (χ0n) is 17.7. The molecular formula is C23H20F3N5O. The van der Waals surface area contributed by atoms with Gasteiger partial charge in [-0.25, -0.2) is 13.2 Å². The quantitative estimate of drug-likeness (QED) is 0.470. The summed E-state index contributed by atoms with van der Waals surface area (Å²) in [4.78, 5) is 15.1. The summed E-state index contributed by atoms with van der Waals surface area (Å²) in [6.45, 7) is 4.21. The van der Waals surface area contributed by atoms with E-state index >= 15 is 0 Å². The van der Waals surface area contributed by atoms with Crippen LogP contribution < -0.4 is 0 Å². The smallest absolute Gasteiger partial charge is 0.254 e. The number of hydrogen-bond donors (Lipinski definition) is 1. The van der Waals surface area contributed by atoms with E-state index in [9.17, 15) is 18.0 Å². The molecule has 0 radical (unpaired) electrons. The lowest BCUT2D eigenvalue weighted by Gasteiger charge is -2.33. The highest BCUT2D eigenvalue weighted by atomic mass is 19.2. The van der Waals surface area contributed by atoms with Gasteiger partial charge in [-0.05, 0) is 50.1 Å². The lowest BCUT2D eigenvalue weighted by atomic mass is 9.94.